The second-order valence-corrected chi connectivity index (χ2v) is 5.57. The van der Waals surface area contributed by atoms with Gasteiger partial charge in [0.05, 0.1) is 0 Å². The third-order valence-electron chi connectivity index (χ3n) is 3.89. The van der Waals surface area contributed by atoms with E-state index in [9.17, 15) is 9.59 Å². The fourth-order valence-electron chi connectivity index (χ4n) is 2.75. The minimum absolute atomic E-state index is 0.0344. The minimum atomic E-state index is 0.0344. The van der Waals surface area contributed by atoms with Crippen LogP contribution >= 0.6 is 0 Å². The average Bonchev–Trinajstić information content (AvgIpc) is 2.46. The van der Waals surface area contributed by atoms with Crippen LogP contribution in [0.25, 0.3) is 0 Å². The number of carbonyl (C=O) groups is 2. The molecule has 0 unspecified atom stereocenters. The normalized spacial score (nSPS) is 13.5. The van der Waals surface area contributed by atoms with Crippen molar-refractivity contribution in [3.8, 4) is 0 Å². The number of hydrogen-bond acceptors (Lipinski definition) is 2. The topological polar surface area (TPSA) is 46.2 Å². The average molecular weight is 279 g/mol. The lowest BCUT2D eigenvalue weighted by atomic mass is 9.94. The Morgan fingerprint density at radius 2 is 1.86 bits per heavy atom. The summed E-state index contributed by atoms with van der Waals surface area (Å²) in [7, 11) is 0. The zero-order chi connectivity index (χ0) is 15.0. The summed E-state index contributed by atoms with van der Waals surface area (Å²) in [6, 6.07) is 11.4. The third-order valence-corrected chi connectivity index (χ3v) is 3.89. The number of fused-ring (bicyclic) bond motifs is 1. The molecule has 0 bridgehead atoms. The smallest absolute Gasteiger partial charge is 0.224 e. The van der Waals surface area contributed by atoms with Gasteiger partial charge in [-0.3, -0.25) is 9.59 Å². The van der Waals surface area contributed by atoms with E-state index in [1.54, 1.807) is 6.07 Å². The molecule has 1 amide bonds. The van der Waals surface area contributed by atoms with Crippen molar-refractivity contribution in [1.82, 2.24) is 0 Å². The Hall–Kier alpha value is -2.42. The van der Waals surface area contributed by atoms with E-state index in [2.05, 4.69) is 5.32 Å². The fraction of sp³-hybridized carbons (Fsp3) is 0.222. The molecule has 0 saturated carbocycles. The van der Waals surface area contributed by atoms with Crippen LogP contribution in [0.1, 0.15) is 39.0 Å². The van der Waals surface area contributed by atoms with Crippen molar-refractivity contribution in [3.05, 3.63) is 64.2 Å². The summed E-state index contributed by atoms with van der Waals surface area (Å²) >= 11 is 0. The summed E-state index contributed by atoms with van der Waals surface area (Å²) in [5, 5.41) is 2.83. The van der Waals surface area contributed by atoms with Crippen molar-refractivity contribution >= 4 is 17.4 Å². The van der Waals surface area contributed by atoms with Gasteiger partial charge in [-0.15, -0.1) is 0 Å². The van der Waals surface area contributed by atoms with Crippen LogP contribution in [0.2, 0.25) is 0 Å². The molecular formula is C18H17NO2. The molecule has 0 saturated heterocycles. The van der Waals surface area contributed by atoms with Gasteiger partial charge in [-0.05, 0) is 49.6 Å². The Kier molecular flexibility index (Phi) is 3.34. The highest BCUT2D eigenvalue weighted by molar-refractivity contribution is 6.10. The first-order valence-corrected chi connectivity index (χ1v) is 7.09. The second-order valence-electron chi connectivity index (χ2n) is 5.57. The van der Waals surface area contributed by atoms with Crippen LogP contribution in [0.3, 0.4) is 0 Å². The lowest BCUT2D eigenvalue weighted by molar-refractivity contribution is -0.116. The molecule has 0 atom stereocenters. The van der Waals surface area contributed by atoms with Crippen molar-refractivity contribution in [2.75, 3.05) is 5.32 Å². The van der Waals surface area contributed by atoms with E-state index in [0.29, 0.717) is 18.4 Å². The van der Waals surface area contributed by atoms with E-state index in [4.69, 9.17) is 0 Å². The quantitative estimate of drug-likeness (QED) is 0.856. The van der Waals surface area contributed by atoms with E-state index < -0.39 is 0 Å². The lowest BCUT2D eigenvalue weighted by Gasteiger charge is -2.17. The van der Waals surface area contributed by atoms with Crippen LogP contribution in [0.5, 0.6) is 0 Å². The maximum absolute atomic E-state index is 12.6. The largest absolute Gasteiger partial charge is 0.326 e. The molecule has 0 aliphatic carbocycles. The van der Waals surface area contributed by atoms with E-state index in [0.717, 1.165) is 27.9 Å². The first-order valence-electron chi connectivity index (χ1n) is 7.09. The van der Waals surface area contributed by atoms with Crippen molar-refractivity contribution in [3.63, 3.8) is 0 Å². The Bertz CT molecular complexity index is 747. The van der Waals surface area contributed by atoms with Gasteiger partial charge < -0.3 is 5.32 Å². The number of ketones is 1. The van der Waals surface area contributed by atoms with Crippen LogP contribution in [0, 0.1) is 13.8 Å². The molecular weight excluding hydrogens is 262 g/mol. The zero-order valence-corrected chi connectivity index (χ0v) is 12.2. The molecule has 1 aliphatic rings. The Balaban J connectivity index is 1.97. The number of amides is 1. The summed E-state index contributed by atoms with van der Waals surface area (Å²) in [6.07, 6.45) is 1.17. The van der Waals surface area contributed by atoms with Crippen molar-refractivity contribution in [2.24, 2.45) is 0 Å². The monoisotopic (exact) mass is 279 g/mol. The Labute approximate surface area is 124 Å². The number of aryl methyl sites for hydroxylation is 3. The molecule has 1 heterocycles. The van der Waals surface area contributed by atoms with Gasteiger partial charge in [0.25, 0.3) is 0 Å². The maximum atomic E-state index is 12.6. The van der Waals surface area contributed by atoms with E-state index in [-0.39, 0.29) is 11.7 Å². The summed E-state index contributed by atoms with van der Waals surface area (Å²) in [5.41, 5.74) is 5.41. The molecule has 0 spiro atoms. The van der Waals surface area contributed by atoms with Gasteiger partial charge in [0.2, 0.25) is 5.91 Å². The van der Waals surface area contributed by atoms with E-state index >= 15 is 0 Å². The van der Waals surface area contributed by atoms with Crippen molar-refractivity contribution in [2.45, 2.75) is 26.7 Å². The maximum Gasteiger partial charge on any atom is 0.224 e. The molecule has 0 radical (unpaired) electrons. The predicted octanol–water partition coefficient (Wildman–Crippen LogP) is 3.42. The molecule has 3 nitrogen and oxygen atoms in total. The molecule has 1 N–H and O–H groups in total. The SMILES string of the molecule is Cc1ccc(C(=O)c2ccc3c(c2)CCC(=O)N3)c(C)c1. The summed E-state index contributed by atoms with van der Waals surface area (Å²) in [4.78, 5) is 24.0. The predicted molar refractivity (Wildman–Crippen MR) is 82.7 cm³/mol. The van der Waals surface area contributed by atoms with Crippen molar-refractivity contribution in [1.29, 1.82) is 0 Å². The molecule has 21 heavy (non-hydrogen) atoms. The number of anilines is 1. The highest BCUT2D eigenvalue weighted by Gasteiger charge is 2.18. The molecule has 3 rings (SSSR count). The second kappa shape index (κ2) is 5.17. The Morgan fingerprint density at radius 1 is 1.05 bits per heavy atom. The number of hydrogen-bond donors (Lipinski definition) is 1. The molecule has 1 aliphatic heterocycles. The van der Waals surface area contributed by atoms with Gasteiger partial charge in [0.1, 0.15) is 0 Å². The van der Waals surface area contributed by atoms with Crippen LogP contribution < -0.4 is 5.32 Å². The van der Waals surface area contributed by atoms with Crippen LogP contribution in [0.4, 0.5) is 5.69 Å². The van der Waals surface area contributed by atoms with Crippen LogP contribution in [-0.2, 0) is 11.2 Å². The van der Waals surface area contributed by atoms with Crippen LogP contribution in [0.15, 0.2) is 36.4 Å². The molecule has 0 fully saturated rings. The number of carbonyl (C=O) groups excluding carboxylic acids is 2. The Morgan fingerprint density at radius 3 is 2.62 bits per heavy atom. The summed E-state index contributed by atoms with van der Waals surface area (Å²) in [5.74, 6) is 0.0724. The summed E-state index contributed by atoms with van der Waals surface area (Å²) in [6.45, 7) is 3.97. The molecule has 106 valence electrons. The van der Waals surface area contributed by atoms with Gasteiger partial charge >= 0.3 is 0 Å². The van der Waals surface area contributed by atoms with Gasteiger partial charge in [-0.25, -0.2) is 0 Å². The van der Waals surface area contributed by atoms with Crippen molar-refractivity contribution < 1.29 is 9.59 Å². The number of benzene rings is 2. The summed E-state index contributed by atoms with van der Waals surface area (Å²) < 4.78 is 0. The number of nitrogens with one attached hydrogen (secondary N) is 1. The molecule has 0 aromatic heterocycles. The van der Waals surface area contributed by atoms with Crippen LogP contribution in [-0.4, -0.2) is 11.7 Å². The first kappa shape index (κ1) is 13.6. The standard InChI is InChI=1S/C18H17NO2/c1-11-3-6-15(12(2)9-11)18(21)14-4-7-16-13(10-14)5-8-17(20)19-16/h3-4,6-7,9-10H,5,8H2,1-2H3,(H,19,20). The van der Waals surface area contributed by atoms with E-state index in [1.165, 1.54) is 0 Å². The molecule has 2 aromatic rings. The third kappa shape index (κ3) is 2.59. The fourth-order valence-corrected chi connectivity index (χ4v) is 2.75. The van der Waals surface area contributed by atoms with Gasteiger partial charge in [-0.2, -0.15) is 0 Å². The van der Waals surface area contributed by atoms with E-state index in [1.807, 2.05) is 44.2 Å². The minimum Gasteiger partial charge on any atom is -0.326 e. The lowest BCUT2D eigenvalue weighted by Crippen LogP contribution is -2.19. The number of rotatable bonds is 2. The molecule has 3 heteroatoms. The first-order chi connectivity index (χ1) is 10.0. The zero-order valence-electron chi connectivity index (χ0n) is 12.2. The van der Waals surface area contributed by atoms with Gasteiger partial charge in [-0.1, -0.05) is 23.8 Å². The highest BCUT2D eigenvalue weighted by atomic mass is 16.1. The molecule has 2 aromatic carbocycles. The highest BCUT2D eigenvalue weighted by Crippen LogP contribution is 2.25. The van der Waals surface area contributed by atoms with Gasteiger partial charge in [0, 0.05) is 23.2 Å². The van der Waals surface area contributed by atoms with Gasteiger partial charge in [0.15, 0.2) is 5.78 Å².